The van der Waals surface area contributed by atoms with Crippen molar-refractivity contribution in [3.8, 4) is 0 Å². The quantitative estimate of drug-likeness (QED) is 0.164. The van der Waals surface area contributed by atoms with Crippen LogP contribution in [-0.2, 0) is 35.1 Å². The number of allylic oxidation sites excluding steroid dienone is 4. The second-order valence-corrected chi connectivity index (χ2v) is 15.6. The number of alkyl carbamates (subject to hydrolysis) is 1. The molecule has 54 heavy (non-hydrogen) atoms. The normalized spacial score (nSPS) is 17.0. The molecular formula is C40H69N5O8S. The fraction of sp³-hybridized carbons (Fsp3) is 0.675. The summed E-state index contributed by atoms with van der Waals surface area (Å²) in [5.74, 6) is -1.07. The molecule has 1 saturated heterocycles. The number of amides is 4. The first-order chi connectivity index (χ1) is 25.3. The molecular weight excluding hydrogens is 711 g/mol. The summed E-state index contributed by atoms with van der Waals surface area (Å²) < 4.78 is 16.9. The summed E-state index contributed by atoms with van der Waals surface area (Å²) in [4.78, 5) is 59.6. The smallest absolute Gasteiger partial charge is 0.408 e. The number of likely N-dealkylation sites (tertiary alicyclic amines) is 1. The lowest BCUT2D eigenvalue weighted by Gasteiger charge is -2.39. The Kier molecular flexibility index (Phi) is 24.5. The van der Waals surface area contributed by atoms with E-state index in [1.165, 1.54) is 11.3 Å². The van der Waals surface area contributed by atoms with Gasteiger partial charge in [-0.1, -0.05) is 64.2 Å². The van der Waals surface area contributed by atoms with Crippen molar-refractivity contribution in [2.24, 2.45) is 11.8 Å². The number of rotatable bonds is 17. The average Bonchev–Trinajstić information content (AvgIpc) is 3.81. The zero-order chi connectivity index (χ0) is 41.6. The summed E-state index contributed by atoms with van der Waals surface area (Å²) in [5, 5.41) is 16.2. The number of hydrogen-bond donors (Lipinski definition) is 3. The Morgan fingerprint density at radius 1 is 1.13 bits per heavy atom. The zero-order valence-electron chi connectivity index (χ0n) is 34.8. The molecule has 6 unspecified atom stereocenters. The third-order valence-electron chi connectivity index (χ3n) is 8.69. The van der Waals surface area contributed by atoms with Crippen molar-refractivity contribution >= 4 is 35.2 Å². The molecule has 308 valence electrons. The molecule has 1 aliphatic rings. The van der Waals surface area contributed by atoms with Crippen LogP contribution in [0.3, 0.4) is 0 Å². The third kappa shape index (κ3) is 19.1. The number of aliphatic hydroxyl groups is 1. The largest absolute Gasteiger partial charge is 0.444 e. The van der Waals surface area contributed by atoms with Crippen LogP contribution in [0.25, 0.3) is 0 Å². The minimum Gasteiger partial charge on any atom is -0.444 e. The molecule has 0 aromatic carbocycles. The SMILES string of the molecule is C=C/C=C(/C)C=C.CC(C)O.CCC(C)C(C(CC(=O)N1CCCC1C(OC)C(C)C(=O)NCc1nccs1)OC)N(C)C(=O)CNC(=O)OC(C)(C)C. The van der Waals surface area contributed by atoms with Crippen LogP contribution in [0, 0.1) is 11.8 Å². The van der Waals surface area contributed by atoms with Crippen LogP contribution in [0.15, 0.2) is 48.5 Å². The predicted octanol–water partition coefficient (Wildman–Crippen LogP) is 5.90. The van der Waals surface area contributed by atoms with E-state index in [4.69, 9.17) is 19.3 Å². The number of ether oxygens (including phenoxy) is 3. The molecule has 2 rings (SSSR count). The van der Waals surface area contributed by atoms with Gasteiger partial charge in [0.15, 0.2) is 0 Å². The van der Waals surface area contributed by atoms with Crippen LogP contribution in [0.5, 0.6) is 0 Å². The Hall–Kier alpha value is -3.59. The highest BCUT2D eigenvalue weighted by Crippen LogP contribution is 2.29. The summed E-state index contributed by atoms with van der Waals surface area (Å²) in [6.07, 6.45) is 7.56. The van der Waals surface area contributed by atoms with Gasteiger partial charge < -0.3 is 39.8 Å². The molecule has 14 heteroatoms. The highest BCUT2D eigenvalue weighted by molar-refractivity contribution is 7.09. The summed E-state index contributed by atoms with van der Waals surface area (Å²) in [6.45, 7) is 24.3. The van der Waals surface area contributed by atoms with E-state index < -0.39 is 35.9 Å². The highest BCUT2D eigenvalue weighted by atomic mass is 32.1. The second kappa shape index (κ2) is 26.3. The molecule has 3 N–H and O–H groups in total. The minimum absolute atomic E-state index is 0.0101. The lowest BCUT2D eigenvalue weighted by atomic mass is 9.90. The van der Waals surface area contributed by atoms with Crippen LogP contribution in [0.1, 0.15) is 93.0 Å². The van der Waals surface area contributed by atoms with Crippen molar-refractivity contribution in [2.45, 2.75) is 131 Å². The van der Waals surface area contributed by atoms with Gasteiger partial charge in [0.05, 0.1) is 43.2 Å². The van der Waals surface area contributed by atoms with E-state index in [-0.39, 0.29) is 48.8 Å². The number of hydrogen-bond acceptors (Lipinski definition) is 10. The Morgan fingerprint density at radius 3 is 2.22 bits per heavy atom. The molecule has 4 amide bonds. The maximum atomic E-state index is 13.8. The summed E-state index contributed by atoms with van der Waals surface area (Å²) in [6, 6.07) is -0.684. The summed E-state index contributed by atoms with van der Waals surface area (Å²) in [7, 11) is 4.77. The van der Waals surface area contributed by atoms with Gasteiger partial charge in [-0.25, -0.2) is 9.78 Å². The molecule has 6 atom stereocenters. The van der Waals surface area contributed by atoms with Gasteiger partial charge >= 0.3 is 6.09 Å². The van der Waals surface area contributed by atoms with Crippen LogP contribution in [0.2, 0.25) is 0 Å². The fourth-order valence-corrected chi connectivity index (χ4v) is 6.39. The number of aromatic nitrogens is 1. The van der Waals surface area contributed by atoms with Gasteiger partial charge in [-0.2, -0.15) is 0 Å². The Balaban J connectivity index is 0.00000222. The molecule has 2 heterocycles. The van der Waals surface area contributed by atoms with Gasteiger partial charge in [0.2, 0.25) is 17.7 Å². The van der Waals surface area contributed by atoms with Crippen molar-refractivity contribution in [2.75, 3.05) is 34.4 Å². The van der Waals surface area contributed by atoms with E-state index in [1.54, 1.807) is 84.0 Å². The first-order valence-electron chi connectivity index (χ1n) is 18.6. The Morgan fingerprint density at radius 2 is 1.76 bits per heavy atom. The monoisotopic (exact) mass is 779 g/mol. The number of nitrogens with one attached hydrogen (secondary N) is 2. The number of aliphatic hydroxyl groups excluding tert-OH is 1. The second-order valence-electron chi connectivity index (χ2n) is 14.6. The van der Waals surface area contributed by atoms with E-state index in [1.807, 2.05) is 39.2 Å². The predicted molar refractivity (Wildman–Crippen MR) is 216 cm³/mol. The number of carbonyl (C=O) groups excluding carboxylic acids is 4. The number of carbonyl (C=O) groups is 4. The summed E-state index contributed by atoms with van der Waals surface area (Å²) >= 11 is 1.47. The molecule has 1 aromatic rings. The maximum absolute atomic E-state index is 13.8. The molecule has 1 aromatic heterocycles. The van der Waals surface area contributed by atoms with Gasteiger partial charge in [0.1, 0.15) is 17.2 Å². The van der Waals surface area contributed by atoms with E-state index in [2.05, 4.69) is 28.8 Å². The Bertz CT molecular complexity index is 1310. The van der Waals surface area contributed by atoms with E-state index >= 15 is 0 Å². The number of likely N-dealkylation sites (N-methyl/N-ethyl adjacent to an activating group) is 1. The molecule has 13 nitrogen and oxygen atoms in total. The summed E-state index contributed by atoms with van der Waals surface area (Å²) in [5.41, 5.74) is 0.466. The third-order valence-corrected chi connectivity index (χ3v) is 9.47. The zero-order valence-corrected chi connectivity index (χ0v) is 35.7. The van der Waals surface area contributed by atoms with Crippen LogP contribution in [0.4, 0.5) is 4.79 Å². The average molecular weight is 780 g/mol. The molecule has 1 aliphatic heterocycles. The van der Waals surface area contributed by atoms with Gasteiger partial charge in [-0.15, -0.1) is 11.3 Å². The van der Waals surface area contributed by atoms with E-state index in [9.17, 15) is 19.2 Å². The van der Waals surface area contributed by atoms with Gasteiger partial charge in [0.25, 0.3) is 0 Å². The number of nitrogens with zero attached hydrogens (tertiary/aromatic N) is 3. The van der Waals surface area contributed by atoms with Gasteiger partial charge in [-0.05, 0) is 60.3 Å². The molecule has 1 fully saturated rings. The van der Waals surface area contributed by atoms with Crippen molar-refractivity contribution in [3.63, 3.8) is 0 Å². The first kappa shape index (κ1) is 50.4. The van der Waals surface area contributed by atoms with Crippen molar-refractivity contribution in [3.05, 3.63) is 53.5 Å². The standard InChI is InChI=1S/C30H51N5O7S.C7H10.C3H8O/c1-10-19(2)26(34(7)25(37)18-33-29(39)42-30(4,5)6)22(40-8)16-24(36)35-14-11-12-21(35)27(41-9)20(3)28(38)32-17-23-31-13-15-43-23;1-4-6-7(3)5-2;1-3(2)4/h13,15,19-22,26-27H,10-12,14,16-18H2,1-9H3,(H,32,38)(H,33,39);4-6H,1-2H2,3H3;3-4H,1-2H3/b;7-6-;. The van der Waals surface area contributed by atoms with Gasteiger partial charge in [-0.3, -0.25) is 14.4 Å². The first-order valence-corrected chi connectivity index (χ1v) is 19.5. The molecule has 0 spiro atoms. The molecule has 0 aliphatic carbocycles. The van der Waals surface area contributed by atoms with Crippen molar-refractivity contribution < 1.29 is 38.5 Å². The molecule has 0 bridgehead atoms. The van der Waals surface area contributed by atoms with Crippen LogP contribution >= 0.6 is 11.3 Å². The molecule has 0 radical (unpaired) electrons. The lowest BCUT2D eigenvalue weighted by molar-refractivity contribution is -0.145. The number of methoxy groups -OCH3 is 2. The van der Waals surface area contributed by atoms with Gasteiger partial charge in [0, 0.05) is 45.5 Å². The van der Waals surface area contributed by atoms with Crippen molar-refractivity contribution in [1.29, 1.82) is 0 Å². The Labute approximate surface area is 328 Å². The molecule has 0 saturated carbocycles. The minimum atomic E-state index is -0.682. The van der Waals surface area contributed by atoms with E-state index in [0.717, 1.165) is 29.8 Å². The van der Waals surface area contributed by atoms with E-state index in [0.29, 0.717) is 13.1 Å². The highest BCUT2D eigenvalue weighted by Gasteiger charge is 2.42. The lowest BCUT2D eigenvalue weighted by Crippen LogP contribution is -2.54. The topological polar surface area (TPSA) is 160 Å². The number of thiazole rings is 1. The fourth-order valence-electron chi connectivity index (χ4n) is 5.83. The van der Waals surface area contributed by atoms with Crippen molar-refractivity contribution in [1.82, 2.24) is 25.4 Å². The van der Waals surface area contributed by atoms with Crippen LogP contribution < -0.4 is 10.6 Å². The maximum Gasteiger partial charge on any atom is 0.408 e. The van der Waals surface area contributed by atoms with Crippen LogP contribution in [-0.4, -0.2) is 114 Å².